The van der Waals surface area contributed by atoms with Gasteiger partial charge >= 0.3 is 0 Å². The first-order valence-electron chi connectivity index (χ1n) is 6.91. The summed E-state index contributed by atoms with van der Waals surface area (Å²) in [5.74, 6) is 1.32. The van der Waals surface area contributed by atoms with Crippen LogP contribution in [0.3, 0.4) is 0 Å². The van der Waals surface area contributed by atoms with Gasteiger partial charge in [0, 0.05) is 12.0 Å². The third-order valence-electron chi connectivity index (χ3n) is 3.69. The highest BCUT2D eigenvalue weighted by Crippen LogP contribution is 2.30. The molecule has 0 aliphatic carbocycles. The predicted octanol–water partition coefficient (Wildman–Crippen LogP) is 3.54. The molecule has 0 aliphatic rings. The van der Waals surface area contributed by atoms with E-state index in [0.29, 0.717) is 6.42 Å². The van der Waals surface area contributed by atoms with Crippen LogP contribution in [0.15, 0.2) is 42.5 Å². The molecule has 1 unspecified atom stereocenters. The monoisotopic (exact) mass is 284 g/mol. The number of aldehydes is 1. The maximum Gasteiger partial charge on any atom is 0.127 e. The van der Waals surface area contributed by atoms with E-state index in [1.165, 1.54) is 0 Å². The molecule has 3 heteroatoms. The van der Waals surface area contributed by atoms with Crippen LogP contribution in [0, 0.1) is 6.92 Å². The van der Waals surface area contributed by atoms with Crippen molar-refractivity contribution in [2.45, 2.75) is 19.3 Å². The molecule has 21 heavy (non-hydrogen) atoms. The lowest BCUT2D eigenvalue weighted by Gasteiger charge is -2.16. The molecule has 0 spiro atoms. The van der Waals surface area contributed by atoms with Gasteiger partial charge in [-0.2, -0.15) is 0 Å². The first kappa shape index (κ1) is 15.1. The smallest absolute Gasteiger partial charge is 0.127 e. The Balaban J connectivity index is 2.31. The normalized spacial score (nSPS) is 11.8. The first-order chi connectivity index (χ1) is 10.2. The quantitative estimate of drug-likeness (QED) is 0.761. The van der Waals surface area contributed by atoms with Gasteiger partial charge in [-0.3, -0.25) is 0 Å². The van der Waals surface area contributed by atoms with Crippen molar-refractivity contribution in [3.63, 3.8) is 0 Å². The van der Waals surface area contributed by atoms with Gasteiger partial charge < -0.3 is 14.3 Å². The fourth-order valence-corrected chi connectivity index (χ4v) is 2.49. The van der Waals surface area contributed by atoms with Crippen molar-refractivity contribution < 1.29 is 14.3 Å². The van der Waals surface area contributed by atoms with Gasteiger partial charge in [-0.05, 0) is 36.1 Å². The van der Waals surface area contributed by atoms with Crippen LogP contribution >= 0.6 is 0 Å². The van der Waals surface area contributed by atoms with Crippen LogP contribution in [0.5, 0.6) is 11.5 Å². The lowest BCUT2D eigenvalue weighted by Crippen LogP contribution is -2.07. The van der Waals surface area contributed by atoms with Crippen molar-refractivity contribution in [2.75, 3.05) is 14.2 Å². The molecule has 0 saturated heterocycles. The SMILES string of the molecule is COc1ccc(CC(C=O)c2ccccc2C)c(OC)c1. The van der Waals surface area contributed by atoms with Crippen LogP contribution in [-0.4, -0.2) is 20.5 Å². The zero-order valence-corrected chi connectivity index (χ0v) is 12.6. The highest BCUT2D eigenvalue weighted by atomic mass is 16.5. The lowest BCUT2D eigenvalue weighted by atomic mass is 9.90. The van der Waals surface area contributed by atoms with E-state index in [1.54, 1.807) is 14.2 Å². The number of methoxy groups -OCH3 is 2. The molecule has 0 N–H and O–H groups in total. The van der Waals surface area contributed by atoms with Crippen LogP contribution in [0.1, 0.15) is 22.6 Å². The van der Waals surface area contributed by atoms with E-state index in [9.17, 15) is 4.79 Å². The summed E-state index contributed by atoms with van der Waals surface area (Å²) in [6.45, 7) is 2.02. The van der Waals surface area contributed by atoms with Crippen molar-refractivity contribution in [1.29, 1.82) is 0 Å². The Morgan fingerprint density at radius 3 is 2.48 bits per heavy atom. The number of hydrogen-bond donors (Lipinski definition) is 0. The van der Waals surface area contributed by atoms with Gasteiger partial charge in [-0.25, -0.2) is 0 Å². The second-order valence-electron chi connectivity index (χ2n) is 4.98. The second-order valence-corrected chi connectivity index (χ2v) is 4.98. The van der Waals surface area contributed by atoms with Gasteiger partial charge in [0.2, 0.25) is 0 Å². The van der Waals surface area contributed by atoms with Gasteiger partial charge in [0.15, 0.2) is 0 Å². The second kappa shape index (κ2) is 6.93. The summed E-state index contributed by atoms with van der Waals surface area (Å²) in [6.07, 6.45) is 1.62. The summed E-state index contributed by atoms with van der Waals surface area (Å²) in [5, 5.41) is 0. The van der Waals surface area contributed by atoms with Crippen LogP contribution in [0.2, 0.25) is 0 Å². The molecule has 0 aromatic heterocycles. The van der Waals surface area contributed by atoms with E-state index < -0.39 is 0 Å². The molecule has 0 saturated carbocycles. The molecule has 1 atom stereocenters. The summed E-state index contributed by atoms with van der Waals surface area (Å²) in [7, 11) is 3.25. The highest BCUT2D eigenvalue weighted by molar-refractivity contribution is 5.64. The Kier molecular flexibility index (Phi) is 4.99. The molecule has 0 fully saturated rings. The standard InChI is InChI=1S/C18H20O3/c1-13-6-4-5-7-17(13)15(12-19)10-14-8-9-16(20-2)11-18(14)21-3/h4-9,11-12,15H,10H2,1-3H3. The Morgan fingerprint density at radius 1 is 1.10 bits per heavy atom. The number of ether oxygens (including phenoxy) is 2. The number of aryl methyl sites for hydroxylation is 1. The van der Waals surface area contributed by atoms with Crippen molar-refractivity contribution in [1.82, 2.24) is 0 Å². The van der Waals surface area contributed by atoms with E-state index in [0.717, 1.165) is 34.5 Å². The zero-order chi connectivity index (χ0) is 15.2. The Bertz CT molecular complexity index is 620. The molecule has 0 amide bonds. The average molecular weight is 284 g/mol. The van der Waals surface area contributed by atoms with Crippen molar-refractivity contribution in [2.24, 2.45) is 0 Å². The Morgan fingerprint density at radius 2 is 1.86 bits per heavy atom. The zero-order valence-electron chi connectivity index (χ0n) is 12.6. The largest absolute Gasteiger partial charge is 0.497 e. The van der Waals surface area contributed by atoms with Gasteiger partial charge in [0.1, 0.15) is 17.8 Å². The third kappa shape index (κ3) is 3.43. The van der Waals surface area contributed by atoms with E-state index in [4.69, 9.17) is 9.47 Å². The topological polar surface area (TPSA) is 35.5 Å². The lowest BCUT2D eigenvalue weighted by molar-refractivity contribution is -0.109. The molecular formula is C18H20O3. The fraction of sp³-hybridized carbons (Fsp3) is 0.278. The number of carbonyl (C=O) groups is 1. The van der Waals surface area contributed by atoms with E-state index >= 15 is 0 Å². The van der Waals surface area contributed by atoms with Crippen LogP contribution in [0.4, 0.5) is 0 Å². The average Bonchev–Trinajstić information content (AvgIpc) is 2.53. The summed E-state index contributed by atoms with van der Waals surface area (Å²) >= 11 is 0. The van der Waals surface area contributed by atoms with Crippen molar-refractivity contribution in [3.8, 4) is 11.5 Å². The minimum absolute atomic E-state index is 0.173. The van der Waals surface area contributed by atoms with E-state index in [2.05, 4.69) is 0 Å². The Labute approximate surface area is 125 Å². The molecule has 2 aromatic rings. The third-order valence-corrected chi connectivity index (χ3v) is 3.69. The molecular weight excluding hydrogens is 264 g/mol. The number of benzene rings is 2. The minimum Gasteiger partial charge on any atom is -0.497 e. The van der Waals surface area contributed by atoms with Crippen molar-refractivity contribution >= 4 is 6.29 Å². The highest BCUT2D eigenvalue weighted by Gasteiger charge is 2.16. The molecule has 0 heterocycles. The predicted molar refractivity (Wildman–Crippen MR) is 83.2 cm³/mol. The van der Waals surface area contributed by atoms with E-state index in [1.807, 2.05) is 49.4 Å². The van der Waals surface area contributed by atoms with Gasteiger partial charge in [-0.1, -0.05) is 30.3 Å². The number of carbonyl (C=O) groups excluding carboxylic acids is 1. The maximum atomic E-state index is 11.5. The molecule has 3 nitrogen and oxygen atoms in total. The van der Waals surface area contributed by atoms with Crippen molar-refractivity contribution in [3.05, 3.63) is 59.2 Å². The van der Waals surface area contributed by atoms with Gasteiger partial charge in [0.05, 0.1) is 14.2 Å². The summed E-state index contributed by atoms with van der Waals surface area (Å²) < 4.78 is 10.6. The molecule has 2 rings (SSSR count). The maximum absolute atomic E-state index is 11.5. The number of hydrogen-bond acceptors (Lipinski definition) is 3. The van der Waals surface area contributed by atoms with Gasteiger partial charge in [0.25, 0.3) is 0 Å². The Hall–Kier alpha value is -2.29. The molecule has 110 valence electrons. The fourth-order valence-electron chi connectivity index (χ4n) is 2.49. The first-order valence-corrected chi connectivity index (χ1v) is 6.91. The van der Waals surface area contributed by atoms with E-state index in [-0.39, 0.29) is 5.92 Å². The molecule has 2 aromatic carbocycles. The molecule has 0 bridgehead atoms. The minimum atomic E-state index is -0.173. The van der Waals surface area contributed by atoms with Crippen LogP contribution < -0.4 is 9.47 Å². The van der Waals surface area contributed by atoms with Gasteiger partial charge in [-0.15, -0.1) is 0 Å². The summed E-state index contributed by atoms with van der Waals surface area (Å²) in [6, 6.07) is 13.7. The van der Waals surface area contributed by atoms with Crippen LogP contribution in [-0.2, 0) is 11.2 Å². The number of rotatable bonds is 6. The van der Waals surface area contributed by atoms with Crippen LogP contribution in [0.25, 0.3) is 0 Å². The summed E-state index contributed by atoms with van der Waals surface area (Å²) in [4.78, 5) is 11.5. The molecule has 0 radical (unpaired) electrons. The molecule has 0 aliphatic heterocycles. The summed E-state index contributed by atoms with van der Waals surface area (Å²) in [5.41, 5.74) is 3.19.